The fourth-order valence-corrected chi connectivity index (χ4v) is 1.69. The van der Waals surface area contributed by atoms with E-state index >= 15 is 0 Å². The third-order valence-corrected chi connectivity index (χ3v) is 2.63. The molecule has 0 fully saturated rings. The fourth-order valence-electron chi connectivity index (χ4n) is 1.44. The molecular formula is C11H10Cl2O3. The van der Waals surface area contributed by atoms with Crippen molar-refractivity contribution in [3.8, 4) is 11.5 Å². The Morgan fingerprint density at radius 1 is 1.19 bits per heavy atom. The van der Waals surface area contributed by atoms with Crippen LogP contribution in [0.2, 0.25) is 0 Å². The second-order valence-electron chi connectivity index (χ2n) is 3.38. The molecule has 0 bridgehead atoms. The summed E-state index contributed by atoms with van der Waals surface area (Å²) in [6.45, 7) is 1.20. The highest BCUT2D eigenvalue weighted by Crippen LogP contribution is 2.31. The third-order valence-electron chi connectivity index (χ3n) is 2.23. The number of fused-ring (bicyclic) bond motifs is 1. The zero-order valence-corrected chi connectivity index (χ0v) is 9.92. The predicted molar refractivity (Wildman–Crippen MR) is 61.9 cm³/mol. The maximum absolute atomic E-state index is 11.6. The number of rotatable bonds is 2. The van der Waals surface area contributed by atoms with E-state index in [0.29, 0.717) is 30.3 Å². The fraction of sp³-hybridized carbons (Fsp3) is 0.364. The molecule has 86 valence electrons. The van der Waals surface area contributed by atoms with Gasteiger partial charge in [-0.15, -0.1) is 0 Å². The Kier molecular flexibility index (Phi) is 3.56. The highest BCUT2D eigenvalue weighted by Gasteiger charge is 2.18. The average Bonchev–Trinajstić information content (AvgIpc) is 2.51. The van der Waals surface area contributed by atoms with Crippen LogP contribution in [-0.2, 0) is 0 Å². The molecule has 5 heteroatoms. The minimum absolute atomic E-state index is 0.334. The number of ether oxygens (including phenoxy) is 2. The van der Waals surface area contributed by atoms with Crippen LogP contribution < -0.4 is 9.47 Å². The van der Waals surface area contributed by atoms with Crippen LogP contribution in [0.5, 0.6) is 11.5 Å². The van der Waals surface area contributed by atoms with E-state index < -0.39 is 4.84 Å². The van der Waals surface area contributed by atoms with Gasteiger partial charge in [0.05, 0.1) is 13.2 Å². The van der Waals surface area contributed by atoms with E-state index in [9.17, 15) is 4.79 Å². The highest BCUT2D eigenvalue weighted by molar-refractivity contribution is 6.55. The molecule has 16 heavy (non-hydrogen) atoms. The molecule has 0 radical (unpaired) electrons. The first-order valence-corrected chi connectivity index (χ1v) is 5.78. The average molecular weight is 261 g/mol. The van der Waals surface area contributed by atoms with Gasteiger partial charge < -0.3 is 9.47 Å². The van der Waals surface area contributed by atoms with Crippen LogP contribution in [0.4, 0.5) is 0 Å². The van der Waals surface area contributed by atoms with Gasteiger partial charge in [0.1, 0.15) is 0 Å². The summed E-state index contributed by atoms with van der Waals surface area (Å²) in [5.74, 6) is 0.881. The summed E-state index contributed by atoms with van der Waals surface area (Å²) >= 11 is 11.0. The van der Waals surface area contributed by atoms with Gasteiger partial charge in [-0.25, -0.2) is 0 Å². The van der Waals surface area contributed by atoms with Crippen molar-refractivity contribution in [2.24, 2.45) is 0 Å². The first kappa shape index (κ1) is 11.6. The lowest BCUT2D eigenvalue weighted by Gasteiger charge is -2.08. The Morgan fingerprint density at radius 3 is 2.56 bits per heavy atom. The second-order valence-corrected chi connectivity index (χ2v) is 4.47. The first-order valence-electron chi connectivity index (χ1n) is 4.90. The van der Waals surface area contributed by atoms with Gasteiger partial charge >= 0.3 is 0 Å². The van der Waals surface area contributed by atoms with E-state index in [4.69, 9.17) is 32.7 Å². The van der Waals surface area contributed by atoms with Gasteiger partial charge in [0.15, 0.2) is 22.1 Å². The standard InChI is InChI=1S/C11H10Cl2O3/c12-11(13)10(14)7-2-3-8-9(6-7)16-5-1-4-15-8/h2-3,6,11H,1,4-5H2. The molecule has 1 aromatic rings. The maximum atomic E-state index is 11.6. The van der Waals surface area contributed by atoms with E-state index in [1.165, 1.54) is 0 Å². The van der Waals surface area contributed by atoms with Crippen LogP contribution in [0.3, 0.4) is 0 Å². The molecule has 0 atom stereocenters. The molecule has 0 spiro atoms. The number of benzene rings is 1. The minimum Gasteiger partial charge on any atom is -0.490 e. The quantitative estimate of drug-likeness (QED) is 0.606. The van der Waals surface area contributed by atoms with E-state index in [-0.39, 0.29) is 5.78 Å². The smallest absolute Gasteiger partial charge is 0.195 e. The molecule has 1 aliphatic rings. The molecule has 1 aliphatic heterocycles. The summed E-state index contributed by atoms with van der Waals surface area (Å²) in [5, 5.41) is 0. The number of ketones is 1. The Bertz CT molecular complexity index is 404. The van der Waals surface area contributed by atoms with Crippen molar-refractivity contribution in [1.29, 1.82) is 0 Å². The number of carbonyl (C=O) groups excluding carboxylic acids is 1. The van der Waals surface area contributed by atoms with Gasteiger partial charge in [-0.05, 0) is 18.2 Å². The number of alkyl halides is 2. The van der Waals surface area contributed by atoms with Crippen LogP contribution in [-0.4, -0.2) is 23.8 Å². The van der Waals surface area contributed by atoms with Crippen molar-refractivity contribution >= 4 is 29.0 Å². The lowest BCUT2D eigenvalue weighted by Crippen LogP contribution is -2.08. The van der Waals surface area contributed by atoms with Gasteiger partial charge in [-0.1, -0.05) is 23.2 Å². The number of carbonyl (C=O) groups is 1. The molecular weight excluding hydrogens is 251 g/mol. The molecule has 0 N–H and O–H groups in total. The van der Waals surface area contributed by atoms with Crippen molar-refractivity contribution < 1.29 is 14.3 Å². The van der Waals surface area contributed by atoms with Gasteiger partial charge in [0.2, 0.25) is 0 Å². The third kappa shape index (κ3) is 2.42. The van der Waals surface area contributed by atoms with E-state index in [0.717, 1.165) is 6.42 Å². The SMILES string of the molecule is O=C(c1ccc2c(c1)OCCCO2)C(Cl)Cl. The summed E-state index contributed by atoms with van der Waals surface area (Å²) in [6, 6.07) is 4.94. The van der Waals surface area contributed by atoms with Crippen LogP contribution >= 0.6 is 23.2 Å². The summed E-state index contributed by atoms with van der Waals surface area (Å²) in [7, 11) is 0. The van der Waals surface area contributed by atoms with Gasteiger partial charge in [-0.3, -0.25) is 4.79 Å². The number of halogens is 2. The molecule has 0 aliphatic carbocycles. The zero-order valence-electron chi connectivity index (χ0n) is 8.41. The second kappa shape index (κ2) is 4.93. The molecule has 0 saturated heterocycles. The van der Waals surface area contributed by atoms with Crippen molar-refractivity contribution in [2.75, 3.05) is 13.2 Å². The molecule has 0 amide bonds. The van der Waals surface area contributed by atoms with E-state index in [2.05, 4.69) is 0 Å². The minimum atomic E-state index is -1.05. The van der Waals surface area contributed by atoms with Crippen LogP contribution in [0.1, 0.15) is 16.8 Å². The molecule has 0 aromatic heterocycles. The van der Waals surface area contributed by atoms with Crippen LogP contribution in [0.15, 0.2) is 18.2 Å². The van der Waals surface area contributed by atoms with Gasteiger partial charge in [-0.2, -0.15) is 0 Å². The molecule has 0 saturated carbocycles. The lowest BCUT2D eigenvalue weighted by atomic mass is 10.1. The molecule has 1 heterocycles. The zero-order chi connectivity index (χ0) is 11.5. The largest absolute Gasteiger partial charge is 0.490 e. The number of Topliss-reactive ketones (excluding diaryl/α,β-unsaturated/α-hetero) is 1. The lowest BCUT2D eigenvalue weighted by molar-refractivity contribution is 0.101. The maximum Gasteiger partial charge on any atom is 0.195 e. The summed E-state index contributed by atoms with van der Waals surface area (Å²) in [4.78, 5) is 10.5. The Labute approximate surface area is 103 Å². The van der Waals surface area contributed by atoms with Crippen LogP contribution in [0.25, 0.3) is 0 Å². The van der Waals surface area contributed by atoms with Crippen LogP contribution in [0, 0.1) is 0 Å². The summed E-state index contributed by atoms with van der Waals surface area (Å²) in [5.41, 5.74) is 0.430. The summed E-state index contributed by atoms with van der Waals surface area (Å²) in [6.07, 6.45) is 0.825. The normalized spacial score (nSPS) is 14.7. The van der Waals surface area contributed by atoms with E-state index in [1.807, 2.05) is 0 Å². The van der Waals surface area contributed by atoms with Crippen molar-refractivity contribution in [1.82, 2.24) is 0 Å². The van der Waals surface area contributed by atoms with Gasteiger partial charge in [0, 0.05) is 12.0 Å². The molecule has 3 nitrogen and oxygen atoms in total. The summed E-state index contributed by atoms with van der Waals surface area (Å²) < 4.78 is 10.9. The van der Waals surface area contributed by atoms with Crippen molar-refractivity contribution in [2.45, 2.75) is 11.3 Å². The van der Waals surface area contributed by atoms with Gasteiger partial charge in [0.25, 0.3) is 0 Å². The van der Waals surface area contributed by atoms with Crippen molar-refractivity contribution in [3.63, 3.8) is 0 Å². The topological polar surface area (TPSA) is 35.5 Å². The predicted octanol–water partition coefficient (Wildman–Crippen LogP) is 2.83. The molecule has 0 unspecified atom stereocenters. The number of hydrogen-bond acceptors (Lipinski definition) is 3. The number of hydrogen-bond donors (Lipinski definition) is 0. The molecule has 2 rings (SSSR count). The first-order chi connectivity index (χ1) is 7.68. The Balaban J connectivity index is 2.30. The Morgan fingerprint density at radius 2 is 1.88 bits per heavy atom. The Hall–Kier alpha value is -0.930. The van der Waals surface area contributed by atoms with E-state index in [1.54, 1.807) is 18.2 Å². The molecule has 1 aromatic carbocycles. The monoisotopic (exact) mass is 260 g/mol. The highest BCUT2D eigenvalue weighted by atomic mass is 35.5. The van der Waals surface area contributed by atoms with Crippen molar-refractivity contribution in [3.05, 3.63) is 23.8 Å².